The van der Waals surface area contributed by atoms with Gasteiger partial charge in [0.25, 0.3) is 5.69 Å². The minimum atomic E-state index is -0.404. The Balaban J connectivity index is 1.66. The maximum absolute atomic E-state index is 11.2. The molecule has 1 aromatic heterocycles. The van der Waals surface area contributed by atoms with E-state index < -0.39 is 4.92 Å². The van der Waals surface area contributed by atoms with Crippen molar-refractivity contribution < 1.29 is 4.92 Å². The van der Waals surface area contributed by atoms with E-state index in [0.717, 1.165) is 28.2 Å². The van der Waals surface area contributed by atoms with Gasteiger partial charge in [-0.25, -0.2) is 0 Å². The maximum Gasteiger partial charge on any atom is 0.269 e. The van der Waals surface area contributed by atoms with Gasteiger partial charge in [-0.2, -0.15) is 5.10 Å². The van der Waals surface area contributed by atoms with E-state index in [1.54, 1.807) is 18.3 Å². The summed E-state index contributed by atoms with van der Waals surface area (Å²) in [5.41, 5.74) is 5.14. The molecule has 0 saturated carbocycles. The molecular weight excluding hydrogens is 450 g/mol. The summed E-state index contributed by atoms with van der Waals surface area (Å²) >= 11 is 0. The van der Waals surface area contributed by atoms with Crippen molar-refractivity contribution in [2.45, 2.75) is 6.54 Å². The number of non-ortho nitro benzene ring substituents is 1. The predicted octanol–water partition coefficient (Wildman–Crippen LogP) is 5.97. The monoisotopic (exact) mass is 473 g/mol. The zero-order valence-electron chi connectivity index (χ0n) is 19.4. The molecule has 0 unspecified atom stereocenters. The summed E-state index contributed by atoms with van der Waals surface area (Å²) in [6.45, 7) is 0.561. The van der Waals surface area contributed by atoms with Crippen molar-refractivity contribution in [1.82, 2.24) is 9.55 Å². The zero-order chi connectivity index (χ0) is 24.7. The van der Waals surface area contributed by atoms with Crippen LogP contribution in [-0.2, 0) is 6.54 Å². The minimum Gasteiger partial charge on any atom is -0.297 e. The quantitative estimate of drug-likeness (QED) is 0.216. The van der Waals surface area contributed by atoms with E-state index in [1.807, 2.05) is 94.6 Å². The summed E-state index contributed by atoms with van der Waals surface area (Å²) < 4.78 is 1.90. The number of anilines is 1. The average Bonchev–Trinajstić information content (AvgIpc) is 2.94. The Kier molecular flexibility index (Phi) is 6.62. The normalized spacial score (nSPS) is 11.3. The van der Waals surface area contributed by atoms with Crippen LogP contribution in [0.25, 0.3) is 16.9 Å². The third kappa shape index (κ3) is 5.20. The summed E-state index contributed by atoms with van der Waals surface area (Å²) in [5, 5.41) is 18.1. The molecule has 0 fully saturated rings. The Labute approximate surface area is 208 Å². The highest BCUT2D eigenvalue weighted by molar-refractivity contribution is 5.58. The average molecular weight is 474 g/mol. The Morgan fingerprint density at radius 1 is 0.806 bits per heavy atom. The van der Waals surface area contributed by atoms with Gasteiger partial charge in [-0.3, -0.25) is 24.7 Å². The van der Waals surface area contributed by atoms with Crippen molar-refractivity contribution in [1.29, 1.82) is 0 Å². The molecule has 5 rings (SSSR count). The number of hydrogen-bond donors (Lipinski definition) is 0. The van der Waals surface area contributed by atoms with Gasteiger partial charge in [0.05, 0.1) is 29.0 Å². The molecule has 0 spiro atoms. The summed E-state index contributed by atoms with van der Waals surface area (Å²) in [4.78, 5) is 15.5. The number of nitro groups is 1. The summed E-state index contributed by atoms with van der Waals surface area (Å²) in [6, 6.07) is 36.3. The fourth-order valence-electron chi connectivity index (χ4n) is 3.85. The van der Waals surface area contributed by atoms with E-state index in [9.17, 15) is 10.1 Å². The number of aromatic nitrogens is 2. The minimum absolute atomic E-state index is 0.0326. The fraction of sp³-hybridized carbons (Fsp3) is 0.0345. The summed E-state index contributed by atoms with van der Waals surface area (Å²) in [7, 11) is 0. The molecule has 0 radical (unpaired) electrons. The van der Waals surface area contributed by atoms with E-state index in [4.69, 9.17) is 5.10 Å². The molecule has 36 heavy (non-hydrogen) atoms. The number of para-hydroxylation sites is 1. The van der Waals surface area contributed by atoms with E-state index in [2.05, 4.69) is 17.1 Å². The lowest BCUT2D eigenvalue weighted by molar-refractivity contribution is -0.384. The van der Waals surface area contributed by atoms with Crippen molar-refractivity contribution in [3.8, 4) is 16.9 Å². The van der Waals surface area contributed by atoms with Crippen LogP contribution in [0, 0.1) is 10.1 Å². The van der Waals surface area contributed by atoms with Crippen LogP contribution in [0.1, 0.15) is 5.56 Å². The number of nitrogens with zero attached hydrogens (tertiary/aromatic N) is 5. The molecule has 7 nitrogen and oxygen atoms in total. The van der Waals surface area contributed by atoms with Gasteiger partial charge in [0.15, 0.2) is 5.49 Å². The van der Waals surface area contributed by atoms with Gasteiger partial charge in [0, 0.05) is 29.6 Å². The lowest BCUT2D eigenvalue weighted by Gasteiger charge is -2.20. The van der Waals surface area contributed by atoms with E-state index in [0.29, 0.717) is 12.0 Å². The van der Waals surface area contributed by atoms with Crippen LogP contribution >= 0.6 is 0 Å². The topological polar surface area (TPSA) is 76.6 Å². The first-order chi connectivity index (χ1) is 17.7. The van der Waals surface area contributed by atoms with Crippen LogP contribution in [0.3, 0.4) is 0 Å². The first-order valence-electron chi connectivity index (χ1n) is 11.5. The van der Waals surface area contributed by atoms with Gasteiger partial charge in [-0.1, -0.05) is 78.9 Å². The van der Waals surface area contributed by atoms with Gasteiger partial charge < -0.3 is 0 Å². The molecule has 0 atom stereocenters. The molecule has 1 heterocycles. The van der Waals surface area contributed by atoms with Gasteiger partial charge in [0.1, 0.15) is 0 Å². The Morgan fingerprint density at radius 3 is 2.06 bits per heavy atom. The number of hydrogen-bond acceptors (Lipinski definition) is 5. The molecule has 4 aromatic carbocycles. The van der Waals surface area contributed by atoms with Crippen LogP contribution in [0.5, 0.6) is 0 Å². The summed E-state index contributed by atoms with van der Waals surface area (Å²) in [5.74, 6) is 0. The van der Waals surface area contributed by atoms with Crippen LogP contribution in [-0.4, -0.2) is 14.5 Å². The lowest BCUT2D eigenvalue weighted by Crippen LogP contribution is -2.27. The molecule has 0 bridgehead atoms. The molecule has 0 amide bonds. The van der Waals surface area contributed by atoms with Crippen LogP contribution in [0.2, 0.25) is 0 Å². The van der Waals surface area contributed by atoms with Gasteiger partial charge in [-0.15, -0.1) is 0 Å². The lowest BCUT2D eigenvalue weighted by atomic mass is 10.1. The van der Waals surface area contributed by atoms with Crippen molar-refractivity contribution in [2.24, 2.45) is 5.10 Å². The maximum atomic E-state index is 11.2. The third-order valence-electron chi connectivity index (χ3n) is 5.68. The van der Waals surface area contributed by atoms with Gasteiger partial charge in [-0.05, 0) is 29.8 Å². The largest absolute Gasteiger partial charge is 0.297 e. The van der Waals surface area contributed by atoms with Gasteiger partial charge >= 0.3 is 0 Å². The van der Waals surface area contributed by atoms with E-state index in [-0.39, 0.29) is 5.69 Å². The van der Waals surface area contributed by atoms with Gasteiger partial charge in [0.2, 0.25) is 0 Å². The van der Waals surface area contributed by atoms with Crippen LogP contribution in [0.15, 0.2) is 133 Å². The molecule has 0 aliphatic rings. The first kappa shape index (κ1) is 22.7. The Hall–Kier alpha value is -5.04. The van der Waals surface area contributed by atoms with Crippen molar-refractivity contribution >= 4 is 11.4 Å². The van der Waals surface area contributed by atoms with Crippen LogP contribution < -0.4 is 10.5 Å². The second kappa shape index (κ2) is 10.5. The summed E-state index contributed by atoms with van der Waals surface area (Å²) in [6.07, 6.45) is 3.63. The molecule has 5 aromatic rings. The Bertz CT molecular complexity index is 1520. The molecule has 0 aliphatic carbocycles. The SMILES string of the molecule is O=[N+]([O-])c1ccc(-n2cc(-c3ccccc3)nc/c2=N\N(Cc2ccccc2)c2ccccc2)cc1. The molecule has 176 valence electrons. The van der Waals surface area contributed by atoms with Crippen molar-refractivity contribution in [3.05, 3.63) is 149 Å². The molecule has 0 saturated heterocycles. The molecule has 0 N–H and O–H groups in total. The van der Waals surface area contributed by atoms with E-state index >= 15 is 0 Å². The van der Waals surface area contributed by atoms with Crippen LogP contribution in [0.4, 0.5) is 11.4 Å². The smallest absolute Gasteiger partial charge is 0.269 e. The number of nitro benzene ring substituents is 1. The number of benzene rings is 4. The second-order valence-electron chi connectivity index (χ2n) is 8.12. The first-order valence-corrected chi connectivity index (χ1v) is 11.5. The van der Waals surface area contributed by atoms with Crippen molar-refractivity contribution in [2.75, 3.05) is 5.01 Å². The Morgan fingerprint density at radius 2 is 1.42 bits per heavy atom. The van der Waals surface area contributed by atoms with E-state index in [1.165, 1.54) is 12.1 Å². The second-order valence-corrected chi connectivity index (χ2v) is 8.12. The number of rotatable bonds is 7. The predicted molar refractivity (Wildman–Crippen MR) is 140 cm³/mol. The van der Waals surface area contributed by atoms with Crippen molar-refractivity contribution in [3.63, 3.8) is 0 Å². The standard InChI is InChI=1S/C29H23N5O2/c35-34(36)27-18-16-25(17-19-27)32-22-28(24-12-6-2-7-13-24)30-20-29(32)31-33(26-14-8-3-9-15-26)21-23-10-4-1-5-11-23/h1-20,22H,21H2/b31-29+. The molecular formula is C29H23N5O2. The molecule has 7 heteroatoms. The highest BCUT2D eigenvalue weighted by Crippen LogP contribution is 2.20. The fourth-order valence-corrected chi connectivity index (χ4v) is 3.85. The zero-order valence-corrected chi connectivity index (χ0v) is 19.4. The third-order valence-corrected chi connectivity index (χ3v) is 5.68. The molecule has 0 aliphatic heterocycles. The highest BCUT2D eigenvalue weighted by atomic mass is 16.6. The highest BCUT2D eigenvalue weighted by Gasteiger charge is 2.11.